The van der Waals surface area contributed by atoms with Gasteiger partial charge in [0.25, 0.3) is 0 Å². The number of rotatable bonds is 4. The Morgan fingerprint density at radius 1 is 1.50 bits per heavy atom. The Labute approximate surface area is 91.6 Å². The minimum atomic E-state index is -0.298. The molecule has 0 heterocycles. The molecule has 78 valence electrons. The maximum atomic E-state index is 13.2. The van der Waals surface area contributed by atoms with E-state index in [9.17, 15) is 4.39 Å². The van der Waals surface area contributed by atoms with Gasteiger partial charge >= 0.3 is 0 Å². The molecule has 0 atom stereocenters. The van der Waals surface area contributed by atoms with E-state index in [2.05, 4.69) is 21.2 Å². The predicted molar refractivity (Wildman–Crippen MR) is 58.0 cm³/mol. The summed E-state index contributed by atoms with van der Waals surface area (Å²) >= 11 is 3.17. The first-order chi connectivity index (χ1) is 6.70. The molecule has 1 aromatic carbocycles. The fourth-order valence-electron chi connectivity index (χ4n) is 1.20. The second-order valence-corrected chi connectivity index (χ2v) is 3.61. The molecule has 4 heteroatoms. The molecule has 0 aliphatic carbocycles. The van der Waals surface area contributed by atoms with E-state index in [0.29, 0.717) is 23.4 Å². The lowest BCUT2D eigenvalue weighted by Gasteiger charge is -2.12. The Morgan fingerprint density at radius 2 is 2.21 bits per heavy atom. The zero-order valence-electron chi connectivity index (χ0n) is 8.23. The summed E-state index contributed by atoms with van der Waals surface area (Å²) in [6.45, 7) is 3.06. The summed E-state index contributed by atoms with van der Waals surface area (Å²) in [7, 11) is 1.84. The lowest BCUT2D eigenvalue weighted by Crippen LogP contribution is -2.08. The Hall–Kier alpha value is -0.610. The first-order valence-corrected chi connectivity index (χ1v) is 5.24. The van der Waals surface area contributed by atoms with Gasteiger partial charge in [-0.25, -0.2) is 4.39 Å². The van der Waals surface area contributed by atoms with Crippen LogP contribution >= 0.6 is 15.9 Å². The van der Waals surface area contributed by atoms with Crippen molar-refractivity contribution in [2.45, 2.75) is 13.5 Å². The Kier molecular flexibility index (Phi) is 4.35. The van der Waals surface area contributed by atoms with Gasteiger partial charge in [-0.15, -0.1) is 0 Å². The summed E-state index contributed by atoms with van der Waals surface area (Å²) < 4.78 is 18.9. The van der Waals surface area contributed by atoms with Crippen molar-refractivity contribution >= 4 is 15.9 Å². The standard InChI is InChI=1S/C10H13BrFNO/c1-3-14-10-7(6-13-2)4-5-8(12)9(10)11/h4-5,13H,3,6H2,1-2H3. The third-order valence-corrected chi connectivity index (χ3v) is 2.53. The molecule has 0 radical (unpaired) electrons. The summed E-state index contributed by atoms with van der Waals surface area (Å²) in [6.07, 6.45) is 0. The molecule has 0 saturated carbocycles. The molecule has 1 rings (SSSR count). The molecule has 0 aliphatic heterocycles. The van der Waals surface area contributed by atoms with Crippen LogP contribution in [-0.2, 0) is 6.54 Å². The molecule has 0 spiro atoms. The fourth-order valence-corrected chi connectivity index (χ4v) is 1.70. The van der Waals surface area contributed by atoms with E-state index in [1.54, 1.807) is 6.07 Å². The summed E-state index contributed by atoms with van der Waals surface area (Å²) in [5, 5.41) is 3.01. The molecule has 0 unspecified atom stereocenters. The Balaban J connectivity index is 3.08. The van der Waals surface area contributed by atoms with Crippen LogP contribution in [0.25, 0.3) is 0 Å². The van der Waals surface area contributed by atoms with Gasteiger partial charge in [0.2, 0.25) is 0 Å². The van der Waals surface area contributed by atoms with Crippen LogP contribution in [0.2, 0.25) is 0 Å². The average molecular weight is 262 g/mol. The molecule has 0 amide bonds. The van der Waals surface area contributed by atoms with E-state index in [0.717, 1.165) is 5.56 Å². The fraction of sp³-hybridized carbons (Fsp3) is 0.400. The van der Waals surface area contributed by atoms with Gasteiger partial charge in [0, 0.05) is 12.1 Å². The molecule has 0 bridgehead atoms. The van der Waals surface area contributed by atoms with Crippen molar-refractivity contribution in [3.05, 3.63) is 28.0 Å². The lowest BCUT2D eigenvalue weighted by atomic mass is 10.2. The van der Waals surface area contributed by atoms with Crippen LogP contribution in [0.15, 0.2) is 16.6 Å². The summed E-state index contributed by atoms with van der Waals surface area (Å²) in [6, 6.07) is 3.15. The average Bonchev–Trinajstić information content (AvgIpc) is 2.18. The van der Waals surface area contributed by atoms with Crippen molar-refractivity contribution < 1.29 is 9.13 Å². The van der Waals surface area contributed by atoms with E-state index in [1.807, 2.05) is 14.0 Å². The van der Waals surface area contributed by atoms with Crippen molar-refractivity contribution in [2.75, 3.05) is 13.7 Å². The maximum absolute atomic E-state index is 13.2. The summed E-state index contributed by atoms with van der Waals surface area (Å²) in [4.78, 5) is 0. The third kappa shape index (κ3) is 2.45. The second-order valence-electron chi connectivity index (χ2n) is 2.81. The minimum Gasteiger partial charge on any atom is -0.492 e. The highest BCUT2D eigenvalue weighted by Crippen LogP contribution is 2.31. The number of halogens is 2. The zero-order valence-corrected chi connectivity index (χ0v) is 9.82. The van der Waals surface area contributed by atoms with E-state index in [1.165, 1.54) is 6.07 Å². The van der Waals surface area contributed by atoms with Gasteiger partial charge in [-0.05, 0) is 36.0 Å². The normalized spacial score (nSPS) is 10.3. The van der Waals surface area contributed by atoms with Crippen LogP contribution in [0.1, 0.15) is 12.5 Å². The number of hydrogen-bond donors (Lipinski definition) is 1. The monoisotopic (exact) mass is 261 g/mol. The van der Waals surface area contributed by atoms with Crippen molar-refractivity contribution in [3.8, 4) is 5.75 Å². The van der Waals surface area contributed by atoms with Gasteiger partial charge in [-0.3, -0.25) is 0 Å². The van der Waals surface area contributed by atoms with Gasteiger partial charge in [0.15, 0.2) is 0 Å². The van der Waals surface area contributed by atoms with Crippen molar-refractivity contribution in [1.29, 1.82) is 0 Å². The molecule has 1 aromatic rings. The quantitative estimate of drug-likeness (QED) is 0.900. The van der Waals surface area contributed by atoms with E-state index >= 15 is 0 Å². The molecule has 1 N–H and O–H groups in total. The SMILES string of the molecule is CCOc1c(CNC)ccc(F)c1Br. The van der Waals surface area contributed by atoms with Gasteiger partial charge in [0.1, 0.15) is 11.6 Å². The Bertz CT molecular complexity index is 317. The largest absolute Gasteiger partial charge is 0.492 e. The molecular formula is C10H13BrFNO. The first-order valence-electron chi connectivity index (χ1n) is 4.45. The van der Waals surface area contributed by atoms with Crippen molar-refractivity contribution in [1.82, 2.24) is 5.32 Å². The molecule has 0 aromatic heterocycles. The van der Waals surface area contributed by atoms with E-state index in [4.69, 9.17) is 4.74 Å². The molecule has 0 fully saturated rings. The molecule has 14 heavy (non-hydrogen) atoms. The molecular weight excluding hydrogens is 249 g/mol. The smallest absolute Gasteiger partial charge is 0.141 e. The van der Waals surface area contributed by atoms with Crippen LogP contribution in [0.4, 0.5) is 4.39 Å². The van der Waals surface area contributed by atoms with Gasteiger partial charge in [-0.1, -0.05) is 6.07 Å². The molecule has 2 nitrogen and oxygen atoms in total. The lowest BCUT2D eigenvalue weighted by molar-refractivity contribution is 0.331. The van der Waals surface area contributed by atoms with Crippen LogP contribution in [0, 0.1) is 5.82 Å². The topological polar surface area (TPSA) is 21.3 Å². The predicted octanol–water partition coefficient (Wildman–Crippen LogP) is 2.71. The highest BCUT2D eigenvalue weighted by Gasteiger charge is 2.11. The van der Waals surface area contributed by atoms with Gasteiger partial charge in [0.05, 0.1) is 11.1 Å². The number of hydrogen-bond acceptors (Lipinski definition) is 2. The summed E-state index contributed by atoms with van der Waals surface area (Å²) in [5.74, 6) is 0.287. The second kappa shape index (κ2) is 5.32. The highest BCUT2D eigenvalue weighted by atomic mass is 79.9. The van der Waals surface area contributed by atoms with Crippen molar-refractivity contribution in [3.63, 3.8) is 0 Å². The summed E-state index contributed by atoms with van der Waals surface area (Å²) in [5.41, 5.74) is 0.947. The van der Waals surface area contributed by atoms with Gasteiger partial charge in [-0.2, -0.15) is 0 Å². The first kappa shape index (κ1) is 11.5. The van der Waals surface area contributed by atoms with Crippen molar-refractivity contribution in [2.24, 2.45) is 0 Å². The van der Waals surface area contributed by atoms with Crippen LogP contribution in [0.5, 0.6) is 5.75 Å². The molecule has 0 aliphatic rings. The van der Waals surface area contributed by atoms with E-state index < -0.39 is 0 Å². The number of benzene rings is 1. The van der Waals surface area contributed by atoms with Crippen LogP contribution in [-0.4, -0.2) is 13.7 Å². The number of nitrogens with one attached hydrogen (secondary N) is 1. The Morgan fingerprint density at radius 3 is 2.79 bits per heavy atom. The third-order valence-electron chi connectivity index (χ3n) is 1.79. The molecule has 0 saturated heterocycles. The van der Waals surface area contributed by atoms with Gasteiger partial charge < -0.3 is 10.1 Å². The van der Waals surface area contributed by atoms with E-state index in [-0.39, 0.29) is 5.82 Å². The zero-order chi connectivity index (χ0) is 10.6. The highest BCUT2D eigenvalue weighted by molar-refractivity contribution is 9.10. The van der Waals surface area contributed by atoms with Crippen LogP contribution < -0.4 is 10.1 Å². The number of ether oxygens (including phenoxy) is 1. The van der Waals surface area contributed by atoms with Crippen LogP contribution in [0.3, 0.4) is 0 Å². The minimum absolute atomic E-state index is 0.298. The maximum Gasteiger partial charge on any atom is 0.141 e.